The van der Waals surface area contributed by atoms with Gasteiger partial charge >= 0.3 is 0 Å². The maximum Gasteiger partial charge on any atom is 0.223 e. The van der Waals surface area contributed by atoms with Crippen molar-refractivity contribution in [2.24, 2.45) is 23.7 Å². The van der Waals surface area contributed by atoms with Crippen LogP contribution in [0.4, 0.5) is 0 Å². The largest absolute Gasteiger partial charge is 0.353 e. The third-order valence-corrected chi connectivity index (χ3v) is 5.03. The number of piperidine rings is 1. The summed E-state index contributed by atoms with van der Waals surface area (Å²) in [6.07, 6.45) is 6.22. The highest BCUT2D eigenvalue weighted by molar-refractivity contribution is 5.79. The van der Waals surface area contributed by atoms with E-state index in [9.17, 15) is 4.79 Å². The van der Waals surface area contributed by atoms with Crippen LogP contribution in [0.2, 0.25) is 0 Å². The third-order valence-electron chi connectivity index (χ3n) is 5.03. The SMILES string of the molecule is CC(NC(=O)C1CC2CC2C1)C1CCCNC1. The molecule has 17 heavy (non-hydrogen) atoms. The number of nitrogens with one attached hydrogen (secondary N) is 2. The highest BCUT2D eigenvalue weighted by Gasteiger charge is 2.48. The van der Waals surface area contributed by atoms with Crippen LogP contribution in [0, 0.1) is 23.7 Å². The van der Waals surface area contributed by atoms with E-state index in [0.29, 0.717) is 23.8 Å². The predicted molar refractivity (Wildman–Crippen MR) is 67.5 cm³/mol. The molecule has 3 nitrogen and oxygen atoms in total. The molecule has 3 heteroatoms. The molecule has 2 N–H and O–H groups in total. The normalized spacial score (nSPS) is 41.7. The molecule has 0 radical (unpaired) electrons. The Morgan fingerprint density at radius 2 is 2.06 bits per heavy atom. The van der Waals surface area contributed by atoms with Crippen molar-refractivity contribution in [2.75, 3.05) is 13.1 Å². The first-order chi connectivity index (χ1) is 8.24. The molecule has 1 heterocycles. The van der Waals surface area contributed by atoms with Crippen LogP contribution in [0.25, 0.3) is 0 Å². The Morgan fingerprint density at radius 3 is 2.71 bits per heavy atom. The van der Waals surface area contributed by atoms with Crippen LogP contribution in [0.5, 0.6) is 0 Å². The van der Waals surface area contributed by atoms with Gasteiger partial charge in [0, 0.05) is 12.0 Å². The minimum atomic E-state index is 0.329. The molecule has 1 saturated heterocycles. The smallest absolute Gasteiger partial charge is 0.223 e. The Hall–Kier alpha value is -0.570. The zero-order valence-corrected chi connectivity index (χ0v) is 10.7. The first-order valence-electron chi connectivity index (χ1n) is 7.25. The van der Waals surface area contributed by atoms with E-state index in [1.54, 1.807) is 0 Å². The summed E-state index contributed by atoms with van der Waals surface area (Å²) in [5.41, 5.74) is 0. The van der Waals surface area contributed by atoms with Crippen molar-refractivity contribution in [3.63, 3.8) is 0 Å². The molecule has 0 spiro atoms. The second kappa shape index (κ2) is 4.60. The Balaban J connectivity index is 1.46. The molecular formula is C14H24N2O. The molecule has 0 aromatic rings. The summed E-state index contributed by atoms with van der Waals surface area (Å²) < 4.78 is 0. The molecule has 4 unspecified atom stereocenters. The number of hydrogen-bond acceptors (Lipinski definition) is 2. The molecular weight excluding hydrogens is 212 g/mol. The van der Waals surface area contributed by atoms with Gasteiger partial charge in [0.25, 0.3) is 0 Å². The molecule has 2 aliphatic carbocycles. The van der Waals surface area contributed by atoms with Crippen LogP contribution in [0.15, 0.2) is 0 Å². The summed E-state index contributed by atoms with van der Waals surface area (Å²) in [6, 6.07) is 0.340. The summed E-state index contributed by atoms with van der Waals surface area (Å²) in [7, 11) is 0. The van der Waals surface area contributed by atoms with Gasteiger partial charge in [0.2, 0.25) is 5.91 Å². The Kier molecular flexibility index (Phi) is 3.12. The van der Waals surface area contributed by atoms with Crippen molar-refractivity contribution in [1.29, 1.82) is 0 Å². The van der Waals surface area contributed by atoms with E-state index >= 15 is 0 Å². The predicted octanol–water partition coefficient (Wildman–Crippen LogP) is 1.54. The number of rotatable bonds is 3. The van der Waals surface area contributed by atoms with Gasteiger partial charge < -0.3 is 10.6 Å². The van der Waals surface area contributed by atoms with E-state index in [4.69, 9.17) is 0 Å². The van der Waals surface area contributed by atoms with E-state index < -0.39 is 0 Å². The lowest BCUT2D eigenvalue weighted by atomic mass is 9.92. The van der Waals surface area contributed by atoms with Gasteiger partial charge in [-0.15, -0.1) is 0 Å². The van der Waals surface area contributed by atoms with Crippen molar-refractivity contribution < 1.29 is 4.79 Å². The number of hydrogen-bond donors (Lipinski definition) is 2. The van der Waals surface area contributed by atoms with Crippen LogP contribution in [-0.2, 0) is 4.79 Å². The number of carbonyl (C=O) groups excluding carboxylic acids is 1. The average Bonchev–Trinajstić information content (AvgIpc) is 2.97. The Morgan fingerprint density at radius 1 is 1.29 bits per heavy atom. The molecule has 0 bridgehead atoms. The molecule has 1 amide bonds. The minimum absolute atomic E-state index is 0.329. The van der Waals surface area contributed by atoms with Crippen molar-refractivity contribution in [1.82, 2.24) is 10.6 Å². The van der Waals surface area contributed by atoms with Crippen molar-refractivity contribution in [3.05, 3.63) is 0 Å². The first kappa shape index (κ1) is 11.5. The topological polar surface area (TPSA) is 41.1 Å². The van der Waals surface area contributed by atoms with Crippen LogP contribution in [0.1, 0.15) is 39.0 Å². The Bertz CT molecular complexity index is 289. The minimum Gasteiger partial charge on any atom is -0.353 e. The molecule has 96 valence electrons. The number of amides is 1. The lowest BCUT2D eigenvalue weighted by Gasteiger charge is -2.29. The van der Waals surface area contributed by atoms with E-state index in [-0.39, 0.29) is 0 Å². The Labute approximate surface area is 104 Å². The summed E-state index contributed by atoms with van der Waals surface area (Å²) in [5.74, 6) is 3.09. The van der Waals surface area contributed by atoms with Gasteiger partial charge in [-0.2, -0.15) is 0 Å². The highest BCUT2D eigenvalue weighted by atomic mass is 16.1. The van der Waals surface area contributed by atoms with E-state index in [2.05, 4.69) is 17.6 Å². The van der Waals surface area contributed by atoms with Crippen LogP contribution in [0.3, 0.4) is 0 Å². The van der Waals surface area contributed by atoms with Gasteiger partial charge in [0.15, 0.2) is 0 Å². The number of carbonyl (C=O) groups is 1. The summed E-state index contributed by atoms with van der Waals surface area (Å²) in [4.78, 5) is 12.1. The van der Waals surface area contributed by atoms with Gasteiger partial charge in [-0.05, 0) is 69.9 Å². The van der Waals surface area contributed by atoms with Gasteiger partial charge in [-0.25, -0.2) is 0 Å². The van der Waals surface area contributed by atoms with E-state index in [1.165, 1.54) is 19.3 Å². The third kappa shape index (κ3) is 2.49. The molecule has 0 aromatic heterocycles. The second-order valence-corrected chi connectivity index (χ2v) is 6.33. The maximum atomic E-state index is 12.1. The fourth-order valence-electron chi connectivity index (χ4n) is 3.69. The van der Waals surface area contributed by atoms with Gasteiger partial charge in [0.1, 0.15) is 0 Å². The molecule has 0 aromatic carbocycles. The van der Waals surface area contributed by atoms with Crippen molar-refractivity contribution in [2.45, 2.75) is 45.1 Å². The lowest BCUT2D eigenvalue weighted by molar-refractivity contribution is -0.126. The van der Waals surface area contributed by atoms with E-state index in [1.807, 2.05) is 0 Å². The molecule has 3 fully saturated rings. The highest BCUT2D eigenvalue weighted by Crippen LogP contribution is 2.54. The monoisotopic (exact) mass is 236 g/mol. The van der Waals surface area contributed by atoms with Crippen molar-refractivity contribution >= 4 is 5.91 Å². The summed E-state index contributed by atoms with van der Waals surface area (Å²) in [6.45, 7) is 4.38. The average molecular weight is 236 g/mol. The number of fused-ring (bicyclic) bond motifs is 1. The van der Waals surface area contributed by atoms with Crippen molar-refractivity contribution in [3.8, 4) is 0 Å². The zero-order valence-electron chi connectivity index (χ0n) is 10.7. The van der Waals surface area contributed by atoms with E-state index in [0.717, 1.165) is 37.8 Å². The van der Waals surface area contributed by atoms with Crippen LogP contribution < -0.4 is 10.6 Å². The zero-order chi connectivity index (χ0) is 11.8. The maximum absolute atomic E-state index is 12.1. The molecule has 3 aliphatic rings. The van der Waals surface area contributed by atoms with Gasteiger partial charge in [-0.3, -0.25) is 4.79 Å². The second-order valence-electron chi connectivity index (χ2n) is 6.33. The van der Waals surface area contributed by atoms with Gasteiger partial charge in [0.05, 0.1) is 0 Å². The fourth-order valence-corrected chi connectivity index (χ4v) is 3.69. The molecule has 3 rings (SSSR count). The molecule has 2 saturated carbocycles. The summed E-state index contributed by atoms with van der Waals surface area (Å²) >= 11 is 0. The standard InChI is InChI=1S/C14H24N2O/c1-9(10-3-2-4-15-8-10)16-14(17)13-6-11-5-12(11)7-13/h9-13,15H,2-8H2,1H3,(H,16,17). The van der Waals surface area contributed by atoms with Crippen LogP contribution in [-0.4, -0.2) is 25.0 Å². The lowest BCUT2D eigenvalue weighted by Crippen LogP contribution is -2.46. The van der Waals surface area contributed by atoms with Gasteiger partial charge in [-0.1, -0.05) is 0 Å². The van der Waals surface area contributed by atoms with Crippen LogP contribution >= 0.6 is 0 Å². The summed E-state index contributed by atoms with van der Waals surface area (Å²) in [5, 5.41) is 6.68. The fraction of sp³-hybridized carbons (Fsp3) is 0.929. The molecule has 1 aliphatic heterocycles. The quantitative estimate of drug-likeness (QED) is 0.780. The molecule has 4 atom stereocenters. The first-order valence-corrected chi connectivity index (χ1v) is 7.25.